The van der Waals surface area contributed by atoms with Gasteiger partial charge in [0.1, 0.15) is 4.90 Å². The van der Waals surface area contributed by atoms with Gasteiger partial charge in [0.2, 0.25) is 10.0 Å². The molecule has 6 nitrogen and oxygen atoms in total. The first-order valence-electron chi connectivity index (χ1n) is 6.71. The smallest absolute Gasteiger partial charge is 0.245 e. The minimum Gasteiger partial charge on any atom is -0.317 e. The highest BCUT2D eigenvalue weighted by molar-refractivity contribution is 7.89. The topological polar surface area (TPSA) is 67.2 Å². The summed E-state index contributed by atoms with van der Waals surface area (Å²) in [6.07, 6.45) is 5.07. The number of rotatable bonds is 9. The van der Waals surface area contributed by atoms with Crippen molar-refractivity contribution in [1.82, 2.24) is 19.4 Å². The molecular weight excluding hydrogens is 264 g/mol. The Balaban J connectivity index is 2.53. The number of sulfonamides is 1. The Morgan fingerprint density at radius 1 is 1.37 bits per heavy atom. The molecule has 19 heavy (non-hydrogen) atoms. The normalized spacial score (nSPS) is 12.2. The Kier molecular flexibility index (Phi) is 6.47. The minimum absolute atomic E-state index is 0.262. The van der Waals surface area contributed by atoms with Crippen LogP contribution in [-0.2, 0) is 16.6 Å². The Hall–Kier alpha value is -0.920. The van der Waals surface area contributed by atoms with Crippen LogP contribution in [-0.4, -0.2) is 49.2 Å². The molecule has 0 fully saturated rings. The first kappa shape index (κ1) is 16.1. The quantitative estimate of drug-likeness (QED) is 0.686. The molecule has 0 radical (unpaired) electrons. The van der Waals surface area contributed by atoms with E-state index in [1.54, 1.807) is 24.9 Å². The van der Waals surface area contributed by atoms with E-state index < -0.39 is 10.0 Å². The number of nitrogens with one attached hydrogen (secondary N) is 1. The summed E-state index contributed by atoms with van der Waals surface area (Å²) in [6, 6.07) is 0. The van der Waals surface area contributed by atoms with E-state index in [0.717, 1.165) is 32.5 Å². The summed E-state index contributed by atoms with van der Waals surface area (Å²) in [5.74, 6) is 0. The van der Waals surface area contributed by atoms with E-state index in [9.17, 15) is 8.42 Å². The van der Waals surface area contributed by atoms with Crippen molar-refractivity contribution in [2.75, 3.05) is 26.7 Å². The Labute approximate surface area is 115 Å². The molecule has 1 heterocycles. The fourth-order valence-electron chi connectivity index (χ4n) is 1.62. The molecule has 0 atom stereocenters. The van der Waals surface area contributed by atoms with Crippen LogP contribution in [0.5, 0.6) is 0 Å². The van der Waals surface area contributed by atoms with E-state index >= 15 is 0 Å². The van der Waals surface area contributed by atoms with Gasteiger partial charge in [-0.3, -0.25) is 4.68 Å². The van der Waals surface area contributed by atoms with Gasteiger partial charge in [0.05, 0.1) is 6.20 Å². The molecule has 0 bridgehead atoms. The van der Waals surface area contributed by atoms with Gasteiger partial charge in [-0.15, -0.1) is 0 Å². The first-order valence-corrected chi connectivity index (χ1v) is 8.15. The maximum atomic E-state index is 12.1. The molecule has 1 N–H and O–H groups in total. The number of hydrogen-bond donors (Lipinski definition) is 1. The van der Waals surface area contributed by atoms with Gasteiger partial charge in [0.25, 0.3) is 0 Å². The van der Waals surface area contributed by atoms with Gasteiger partial charge < -0.3 is 5.32 Å². The lowest BCUT2D eigenvalue weighted by atomic mass is 10.4. The summed E-state index contributed by atoms with van der Waals surface area (Å²) < 4.78 is 27.1. The van der Waals surface area contributed by atoms with Crippen LogP contribution in [0.1, 0.15) is 26.7 Å². The zero-order valence-electron chi connectivity index (χ0n) is 12.0. The van der Waals surface area contributed by atoms with Gasteiger partial charge >= 0.3 is 0 Å². The molecule has 0 saturated carbocycles. The zero-order valence-corrected chi connectivity index (χ0v) is 12.8. The van der Waals surface area contributed by atoms with E-state index in [2.05, 4.69) is 17.3 Å². The molecule has 0 unspecified atom stereocenters. The van der Waals surface area contributed by atoms with E-state index in [4.69, 9.17) is 0 Å². The fourth-order valence-corrected chi connectivity index (χ4v) is 2.75. The van der Waals surface area contributed by atoms with Gasteiger partial charge in [0, 0.05) is 26.3 Å². The number of nitrogens with zero attached hydrogens (tertiary/aromatic N) is 3. The van der Waals surface area contributed by atoms with E-state index in [1.165, 1.54) is 10.5 Å². The van der Waals surface area contributed by atoms with Crippen molar-refractivity contribution in [2.24, 2.45) is 0 Å². The van der Waals surface area contributed by atoms with Crippen molar-refractivity contribution in [3.63, 3.8) is 0 Å². The monoisotopic (exact) mass is 288 g/mol. The summed E-state index contributed by atoms with van der Waals surface area (Å²) in [4.78, 5) is 0.262. The third-order valence-electron chi connectivity index (χ3n) is 2.93. The molecule has 0 spiro atoms. The summed E-state index contributed by atoms with van der Waals surface area (Å²) in [5.41, 5.74) is 0. The Morgan fingerprint density at radius 2 is 2.11 bits per heavy atom. The zero-order chi connectivity index (χ0) is 14.3. The van der Waals surface area contributed by atoms with E-state index in [1.807, 2.05) is 0 Å². The molecule has 0 aliphatic rings. The molecule has 7 heteroatoms. The van der Waals surface area contributed by atoms with Crippen LogP contribution in [0.4, 0.5) is 0 Å². The molecule has 0 saturated heterocycles. The molecule has 110 valence electrons. The van der Waals surface area contributed by atoms with Crippen LogP contribution >= 0.6 is 0 Å². The molecule has 0 aliphatic heterocycles. The predicted molar refractivity (Wildman–Crippen MR) is 75.5 cm³/mol. The lowest BCUT2D eigenvalue weighted by Gasteiger charge is -2.12. The number of aryl methyl sites for hydroxylation is 1. The lowest BCUT2D eigenvalue weighted by Crippen LogP contribution is -2.26. The van der Waals surface area contributed by atoms with Crippen molar-refractivity contribution in [3.05, 3.63) is 12.4 Å². The van der Waals surface area contributed by atoms with Gasteiger partial charge in [0.15, 0.2) is 0 Å². The van der Waals surface area contributed by atoms with E-state index in [0.29, 0.717) is 6.54 Å². The van der Waals surface area contributed by atoms with Gasteiger partial charge in [-0.2, -0.15) is 5.10 Å². The summed E-state index contributed by atoms with van der Waals surface area (Å²) in [5, 5.41) is 7.40. The highest BCUT2D eigenvalue weighted by Crippen LogP contribution is 2.12. The van der Waals surface area contributed by atoms with E-state index in [-0.39, 0.29) is 4.90 Å². The molecule has 1 aromatic rings. The van der Waals surface area contributed by atoms with Crippen LogP contribution in [0.2, 0.25) is 0 Å². The standard InChI is InChI=1S/C12H24N4O2S/c1-4-7-13-8-6-9-16-11-12(10-14-16)19(17,18)15(3)5-2/h10-11,13H,4-9H2,1-3H3. The van der Waals surface area contributed by atoms with Crippen molar-refractivity contribution in [2.45, 2.75) is 38.1 Å². The maximum absolute atomic E-state index is 12.1. The van der Waals surface area contributed by atoms with Crippen molar-refractivity contribution >= 4 is 10.0 Å². The molecular formula is C12H24N4O2S. The van der Waals surface area contributed by atoms with Gasteiger partial charge in [-0.25, -0.2) is 12.7 Å². The highest BCUT2D eigenvalue weighted by Gasteiger charge is 2.20. The number of aromatic nitrogens is 2. The predicted octanol–water partition coefficient (Wildman–Crippen LogP) is 0.913. The average molecular weight is 288 g/mol. The van der Waals surface area contributed by atoms with Crippen LogP contribution in [0.3, 0.4) is 0 Å². The average Bonchev–Trinajstić information content (AvgIpc) is 2.87. The molecule has 0 aromatic carbocycles. The second kappa shape index (κ2) is 7.62. The van der Waals surface area contributed by atoms with Crippen molar-refractivity contribution < 1.29 is 8.42 Å². The Bertz CT molecular complexity index is 470. The second-order valence-corrected chi connectivity index (χ2v) is 6.51. The van der Waals surface area contributed by atoms with Crippen molar-refractivity contribution in [3.8, 4) is 0 Å². The van der Waals surface area contributed by atoms with Crippen LogP contribution in [0.25, 0.3) is 0 Å². The molecule has 0 aliphatic carbocycles. The third kappa shape index (κ3) is 4.59. The maximum Gasteiger partial charge on any atom is 0.245 e. The lowest BCUT2D eigenvalue weighted by molar-refractivity contribution is 0.486. The highest BCUT2D eigenvalue weighted by atomic mass is 32.2. The molecule has 0 amide bonds. The Morgan fingerprint density at radius 3 is 2.74 bits per heavy atom. The van der Waals surface area contributed by atoms with Crippen molar-refractivity contribution in [1.29, 1.82) is 0 Å². The van der Waals surface area contributed by atoms with Crippen LogP contribution in [0.15, 0.2) is 17.3 Å². The molecule has 1 aromatic heterocycles. The number of hydrogen-bond acceptors (Lipinski definition) is 4. The van der Waals surface area contributed by atoms with Crippen LogP contribution < -0.4 is 5.32 Å². The fraction of sp³-hybridized carbons (Fsp3) is 0.750. The second-order valence-electron chi connectivity index (χ2n) is 4.46. The molecule has 1 rings (SSSR count). The SMILES string of the molecule is CCCNCCCn1cc(S(=O)(=O)N(C)CC)cn1. The van der Waals surface area contributed by atoms with Crippen LogP contribution in [0, 0.1) is 0 Å². The van der Waals surface area contributed by atoms with Gasteiger partial charge in [-0.1, -0.05) is 13.8 Å². The summed E-state index contributed by atoms with van der Waals surface area (Å²) >= 11 is 0. The van der Waals surface area contributed by atoms with Gasteiger partial charge in [-0.05, 0) is 25.9 Å². The summed E-state index contributed by atoms with van der Waals surface area (Å²) in [6.45, 7) is 7.05. The summed E-state index contributed by atoms with van der Waals surface area (Å²) in [7, 11) is -1.80. The largest absolute Gasteiger partial charge is 0.317 e. The third-order valence-corrected chi connectivity index (χ3v) is 4.82. The first-order chi connectivity index (χ1) is 9.02. The minimum atomic E-state index is -3.37.